The van der Waals surface area contributed by atoms with E-state index >= 15 is 0 Å². The lowest BCUT2D eigenvalue weighted by atomic mass is 10.3. The summed E-state index contributed by atoms with van der Waals surface area (Å²) in [6.07, 6.45) is 4.22. The van der Waals surface area contributed by atoms with Crippen LogP contribution in [0.1, 0.15) is 24.1 Å². The van der Waals surface area contributed by atoms with Gasteiger partial charge in [0.25, 0.3) is 0 Å². The van der Waals surface area contributed by atoms with E-state index in [0.717, 1.165) is 27.8 Å². The third kappa shape index (κ3) is 3.23. The molecule has 1 aliphatic carbocycles. The Morgan fingerprint density at radius 1 is 1.57 bits per heavy atom. The second-order valence-corrected chi connectivity index (χ2v) is 6.34. The van der Waals surface area contributed by atoms with Crippen LogP contribution in [0.3, 0.4) is 0 Å². The van der Waals surface area contributed by atoms with Crippen molar-refractivity contribution in [3.8, 4) is 0 Å². The molecule has 14 heavy (non-hydrogen) atoms. The van der Waals surface area contributed by atoms with E-state index in [0.29, 0.717) is 0 Å². The van der Waals surface area contributed by atoms with Gasteiger partial charge < -0.3 is 5.32 Å². The van der Waals surface area contributed by atoms with Gasteiger partial charge in [-0.05, 0) is 40.9 Å². The third-order valence-electron chi connectivity index (χ3n) is 2.42. The van der Waals surface area contributed by atoms with Crippen LogP contribution in [-0.2, 0) is 6.54 Å². The first-order valence-corrected chi connectivity index (χ1v) is 6.89. The summed E-state index contributed by atoms with van der Waals surface area (Å²) in [5.41, 5.74) is 0. The number of hydrogen-bond acceptors (Lipinski definition) is 2. The average molecular weight is 295 g/mol. The van der Waals surface area contributed by atoms with E-state index in [4.69, 9.17) is 11.6 Å². The summed E-state index contributed by atoms with van der Waals surface area (Å²) in [5.74, 6) is 1.01. The molecule has 0 amide bonds. The van der Waals surface area contributed by atoms with E-state index in [9.17, 15) is 0 Å². The van der Waals surface area contributed by atoms with Crippen molar-refractivity contribution >= 4 is 38.9 Å². The highest BCUT2D eigenvalue weighted by atomic mass is 79.9. The molecule has 0 atom stereocenters. The first-order chi connectivity index (χ1) is 6.75. The molecule has 1 nitrogen and oxygen atoms in total. The zero-order chi connectivity index (χ0) is 9.97. The standard InChI is InChI=1S/C10H13BrClNS/c11-9-5-8(14-10(9)12)6-13-4-3-7-1-2-7/h5,7,13H,1-4,6H2. The Hall–Kier alpha value is 0.430. The van der Waals surface area contributed by atoms with E-state index in [1.165, 1.54) is 24.1 Å². The molecule has 0 aliphatic heterocycles. The highest BCUT2D eigenvalue weighted by molar-refractivity contribution is 9.10. The third-order valence-corrected chi connectivity index (χ3v) is 4.90. The molecule has 1 aromatic rings. The molecule has 0 aromatic carbocycles. The maximum absolute atomic E-state index is 5.95. The predicted molar refractivity (Wildman–Crippen MR) is 66.1 cm³/mol. The van der Waals surface area contributed by atoms with Gasteiger partial charge >= 0.3 is 0 Å². The average Bonchev–Trinajstić information content (AvgIpc) is 2.90. The van der Waals surface area contributed by atoms with Crippen LogP contribution in [0.5, 0.6) is 0 Å². The normalized spacial score (nSPS) is 16.1. The minimum absolute atomic E-state index is 0.851. The zero-order valence-electron chi connectivity index (χ0n) is 7.85. The molecular weight excluding hydrogens is 282 g/mol. The Morgan fingerprint density at radius 3 is 2.93 bits per heavy atom. The topological polar surface area (TPSA) is 12.0 Å². The van der Waals surface area contributed by atoms with Crippen molar-refractivity contribution in [3.05, 3.63) is 19.8 Å². The van der Waals surface area contributed by atoms with Gasteiger partial charge in [0.2, 0.25) is 0 Å². The van der Waals surface area contributed by atoms with Crippen LogP contribution in [0.15, 0.2) is 10.5 Å². The number of thiophene rings is 1. The molecule has 0 radical (unpaired) electrons. The summed E-state index contributed by atoms with van der Waals surface area (Å²) in [6, 6.07) is 2.09. The molecule has 0 spiro atoms. The predicted octanol–water partition coefficient (Wildman–Crippen LogP) is 4.05. The summed E-state index contributed by atoms with van der Waals surface area (Å²) < 4.78 is 1.87. The van der Waals surface area contributed by atoms with Crippen molar-refractivity contribution in [2.75, 3.05) is 6.54 Å². The molecular formula is C10H13BrClNS. The first-order valence-electron chi connectivity index (χ1n) is 4.90. The van der Waals surface area contributed by atoms with Crippen LogP contribution >= 0.6 is 38.9 Å². The van der Waals surface area contributed by atoms with Gasteiger partial charge in [-0.1, -0.05) is 24.4 Å². The Morgan fingerprint density at radius 2 is 2.36 bits per heavy atom. The zero-order valence-corrected chi connectivity index (χ0v) is 11.0. The Bertz CT molecular complexity index is 290. The van der Waals surface area contributed by atoms with E-state index in [1.54, 1.807) is 11.3 Å². The Balaban J connectivity index is 1.68. The van der Waals surface area contributed by atoms with Crippen molar-refractivity contribution in [1.29, 1.82) is 0 Å². The monoisotopic (exact) mass is 293 g/mol. The fourth-order valence-corrected chi connectivity index (χ4v) is 3.16. The van der Waals surface area contributed by atoms with Crippen molar-refractivity contribution in [3.63, 3.8) is 0 Å². The second kappa shape index (κ2) is 4.97. The molecule has 1 N–H and O–H groups in total. The lowest BCUT2D eigenvalue weighted by molar-refractivity contribution is 0.616. The minimum atomic E-state index is 0.851. The first kappa shape index (κ1) is 10.9. The summed E-state index contributed by atoms with van der Waals surface area (Å²) in [4.78, 5) is 1.30. The smallest absolute Gasteiger partial charge is 0.107 e. The maximum Gasteiger partial charge on any atom is 0.107 e. The highest BCUT2D eigenvalue weighted by Gasteiger charge is 2.19. The van der Waals surface area contributed by atoms with Gasteiger partial charge in [0, 0.05) is 15.9 Å². The molecule has 78 valence electrons. The quantitative estimate of drug-likeness (QED) is 0.808. The van der Waals surface area contributed by atoms with Crippen LogP contribution in [0.2, 0.25) is 4.34 Å². The summed E-state index contributed by atoms with van der Waals surface area (Å²) in [6.45, 7) is 2.08. The number of halogens is 2. The molecule has 0 unspecified atom stereocenters. The van der Waals surface area contributed by atoms with Gasteiger partial charge in [-0.3, -0.25) is 0 Å². The van der Waals surface area contributed by atoms with Gasteiger partial charge in [0.15, 0.2) is 0 Å². The minimum Gasteiger partial charge on any atom is -0.312 e. The van der Waals surface area contributed by atoms with E-state index < -0.39 is 0 Å². The summed E-state index contributed by atoms with van der Waals surface area (Å²) >= 11 is 11.0. The summed E-state index contributed by atoms with van der Waals surface area (Å²) in [5, 5.41) is 3.44. The molecule has 4 heteroatoms. The van der Waals surface area contributed by atoms with Crippen molar-refractivity contribution < 1.29 is 0 Å². The number of hydrogen-bond donors (Lipinski definition) is 1. The van der Waals surface area contributed by atoms with Crippen molar-refractivity contribution in [2.45, 2.75) is 25.8 Å². The van der Waals surface area contributed by atoms with Gasteiger partial charge in [-0.15, -0.1) is 11.3 Å². The Kier molecular flexibility index (Phi) is 3.88. The molecule has 0 bridgehead atoms. The molecule has 2 rings (SSSR count). The van der Waals surface area contributed by atoms with Gasteiger partial charge in [0.05, 0.1) is 0 Å². The highest BCUT2D eigenvalue weighted by Crippen LogP contribution is 2.33. The van der Waals surface area contributed by atoms with Crippen LogP contribution in [0, 0.1) is 5.92 Å². The van der Waals surface area contributed by atoms with Gasteiger partial charge in [-0.25, -0.2) is 0 Å². The van der Waals surface area contributed by atoms with E-state index in [1.807, 2.05) is 0 Å². The van der Waals surface area contributed by atoms with Crippen molar-refractivity contribution in [2.24, 2.45) is 5.92 Å². The van der Waals surface area contributed by atoms with E-state index in [-0.39, 0.29) is 0 Å². The maximum atomic E-state index is 5.95. The SMILES string of the molecule is Clc1sc(CNCCC2CC2)cc1Br. The van der Waals surface area contributed by atoms with Crippen LogP contribution in [0.25, 0.3) is 0 Å². The summed E-state index contributed by atoms with van der Waals surface area (Å²) in [7, 11) is 0. The van der Waals surface area contributed by atoms with Crippen molar-refractivity contribution in [1.82, 2.24) is 5.32 Å². The lowest BCUT2D eigenvalue weighted by Gasteiger charge is -2.00. The fraction of sp³-hybridized carbons (Fsp3) is 0.600. The molecule has 1 aromatic heterocycles. The molecule has 1 saturated carbocycles. The van der Waals surface area contributed by atoms with Gasteiger partial charge in [-0.2, -0.15) is 0 Å². The molecule has 1 fully saturated rings. The number of rotatable bonds is 5. The molecule has 1 heterocycles. The van der Waals surface area contributed by atoms with E-state index in [2.05, 4.69) is 27.3 Å². The molecule has 1 aliphatic rings. The molecule has 0 saturated heterocycles. The Labute approximate surface area is 102 Å². The lowest BCUT2D eigenvalue weighted by Crippen LogP contribution is -2.14. The largest absolute Gasteiger partial charge is 0.312 e. The van der Waals surface area contributed by atoms with Crippen LogP contribution in [-0.4, -0.2) is 6.54 Å². The fourth-order valence-electron chi connectivity index (χ4n) is 1.40. The van der Waals surface area contributed by atoms with Crippen LogP contribution < -0.4 is 5.32 Å². The van der Waals surface area contributed by atoms with Crippen LogP contribution in [0.4, 0.5) is 0 Å². The van der Waals surface area contributed by atoms with Gasteiger partial charge in [0.1, 0.15) is 4.34 Å². The second-order valence-electron chi connectivity index (χ2n) is 3.74. The number of nitrogens with one attached hydrogen (secondary N) is 1.